The fourth-order valence-corrected chi connectivity index (χ4v) is 0.792. The third-order valence-electron chi connectivity index (χ3n) is 0.915. The van der Waals surface area contributed by atoms with Crippen LogP contribution in [0.15, 0.2) is 15.7 Å². The van der Waals surface area contributed by atoms with E-state index in [1.807, 2.05) is 0 Å². The molecule has 0 aromatic rings. The van der Waals surface area contributed by atoms with Crippen molar-refractivity contribution >= 4 is 21.9 Å². The Bertz CT molecular complexity index is 133. The molecular weight excluding hydrogens is 173 g/mol. The molecule has 0 aromatic carbocycles. The second-order valence-electron chi connectivity index (χ2n) is 1.58. The van der Waals surface area contributed by atoms with Gasteiger partial charge in [-0.3, -0.25) is 0 Å². The second-order valence-corrected chi connectivity index (χ2v) is 2.60. The van der Waals surface area contributed by atoms with E-state index in [1.165, 1.54) is 6.20 Å². The minimum Gasteiger partial charge on any atom is -0.231 e. The van der Waals surface area contributed by atoms with Crippen molar-refractivity contribution in [2.45, 2.75) is 12.8 Å². The number of hydrogen-bond acceptors (Lipinski definition) is 1. The maximum absolute atomic E-state index is 12.0. The molecule has 0 aliphatic carbocycles. The average molecular weight is 178 g/mol. The molecule has 1 rings (SSSR count). The Morgan fingerprint density at radius 1 is 1.62 bits per heavy atom. The molecule has 8 heavy (non-hydrogen) atoms. The Kier molecular flexibility index (Phi) is 1.78. The van der Waals surface area contributed by atoms with Gasteiger partial charge in [-0.2, -0.15) is 4.39 Å². The highest BCUT2D eigenvalue weighted by Gasteiger charge is 2.02. The van der Waals surface area contributed by atoms with Gasteiger partial charge in [0.25, 0.3) is 0 Å². The molecule has 0 radical (unpaired) electrons. The lowest BCUT2D eigenvalue weighted by atomic mass is 10.3. The fraction of sp³-hybridized carbons (Fsp3) is 0.400. The zero-order valence-electron chi connectivity index (χ0n) is 4.19. The Morgan fingerprint density at radius 2 is 2.38 bits per heavy atom. The first kappa shape index (κ1) is 5.95. The third-order valence-corrected chi connectivity index (χ3v) is 1.52. The Hall–Kier alpha value is -0.180. The zero-order chi connectivity index (χ0) is 5.98. The van der Waals surface area contributed by atoms with Crippen LogP contribution >= 0.6 is 15.9 Å². The van der Waals surface area contributed by atoms with Gasteiger partial charge in [0.2, 0.25) is 0 Å². The van der Waals surface area contributed by atoms with Crippen molar-refractivity contribution in [3.05, 3.63) is 10.7 Å². The quantitative estimate of drug-likeness (QED) is 0.539. The minimum absolute atomic E-state index is 0.270. The molecule has 0 amide bonds. The normalized spacial score (nSPS) is 19.8. The lowest BCUT2D eigenvalue weighted by Gasteiger charge is -1.99. The van der Waals surface area contributed by atoms with E-state index < -0.39 is 0 Å². The molecular formula is C5H5BrFN. The lowest BCUT2D eigenvalue weighted by molar-refractivity contribution is 0.750. The third kappa shape index (κ3) is 1.40. The van der Waals surface area contributed by atoms with Gasteiger partial charge in [-0.1, -0.05) is 15.9 Å². The number of rotatable bonds is 0. The molecule has 1 aliphatic heterocycles. The largest absolute Gasteiger partial charge is 0.231 e. The van der Waals surface area contributed by atoms with E-state index in [-0.39, 0.29) is 5.97 Å². The topological polar surface area (TPSA) is 12.4 Å². The standard InChI is InChI=1S/C5H5BrFN/c6-4-1-2-5(7)8-3-4/h3H,1-2H2. The number of nitrogens with zero attached hydrogens (tertiary/aromatic N) is 1. The van der Waals surface area contributed by atoms with Crippen molar-refractivity contribution in [2.75, 3.05) is 0 Å². The molecule has 44 valence electrons. The summed E-state index contributed by atoms with van der Waals surface area (Å²) in [6, 6.07) is 0. The summed E-state index contributed by atoms with van der Waals surface area (Å²) in [5.74, 6) is -0.270. The van der Waals surface area contributed by atoms with Crippen LogP contribution in [-0.2, 0) is 0 Å². The molecule has 1 heterocycles. The smallest absolute Gasteiger partial charge is 0.189 e. The van der Waals surface area contributed by atoms with Gasteiger partial charge in [-0.25, -0.2) is 4.99 Å². The SMILES string of the molecule is FC1=NC=C(Br)CC1. The number of halogens is 2. The van der Waals surface area contributed by atoms with E-state index >= 15 is 0 Å². The number of allylic oxidation sites excluding steroid dienone is 1. The van der Waals surface area contributed by atoms with Crippen LogP contribution in [0, 0.1) is 0 Å². The van der Waals surface area contributed by atoms with E-state index in [9.17, 15) is 4.39 Å². The molecule has 0 aromatic heterocycles. The van der Waals surface area contributed by atoms with Gasteiger partial charge in [-0.15, -0.1) is 0 Å². The van der Waals surface area contributed by atoms with Crippen LogP contribution in [0.4, 0.5) is 4.39 Å². The average Bonchev–Trinajstić information content (AvgIpc) is 1.77. The van der Waals surface area contributed by atoms with Gasteiger partial charge in [0.1, 0.15) is 0 Å². The van der Waals surface area contributed by atoms with E-state index in [0.717, 1.165) is 10.9 Å². The van der Waals surface area contributed by atoms with Gasteiger partial charge in [-0.05, 0) is 6.42 Å². The first-order valence-electron chi connectivity index (χ1n) is 2.36. The first-order valence-corrected chi connectivity index (χ1v) is 3.15. The van der Waals surface area contributed by atoms with Gasteiger partial charge >= 0.3 is 0 Å². The van der Waals surface area contributed by atoms with Crippen LogP contribution in [0.2, 0.25) is 0 Å². The Morgan fingerprint density at radius 3 is 2.75 bits per heavy atom. The molecule has 1 nitrogen and oxygen atoms in total. The lowest BCUT2D eigenvalue weighted by Crippen LogP contribution is -1.92. The summed E-state index contributed by atoms with van der Waals surface area (Å²) in [5.41, 5.74) is 0. The van der Waals surface area contributed by atoms with Gasteiger partial charge in [0, 0.05) is 17.1 Å². The predicted octanol–water partition coefficient (Wildman–Crippen LogP) is 2.38. The van der Waals surface area contributed by atoms with Crippen molar-refractivity contribution in [1.29, 1.82) is 0 Å². The molecule has 0 fully saturated rings. The van der Waals surface area contributed by atoms with Crippen LogP contribution in [0.1, 0.15) is 12.8 Å². The molecule has 3 heteroatoms. The molecule has 1 aliphatic rings. The summed E-state index contributed by atoms with van der Waals surface area (Å²) >= 11 is 3.20. The van der Waals surface area contributed by atoms with E-state index in [1.54, 1.807) is 0 Å². The maximum Gasteiger partial charge on any atom is 0.189 e. The first-order chi connectivity index (χ1) is 3.79. The van der Waals surface area contributed by atoms with Crippen molar-refractivity contribution in [2.24, 2.45) is 4.99 Å². The summed E-state index contributed by atoms with van der Waals surface area (Å²) in [6.45, 7) is 0. The fourth-order valence-electron chi connectivity index (χ4n) is 0.492. The highest BCUT2D eigenvalue weighted by Crippen LogP contribution is 2.17. The van der Waals surface area contributed by atoms with E-state index in [0.29, 0.717) is 6.42 Å². The van der Waals surface area contributed by atoms with Gasteiger partial charge in [0.15, 0.2) is 5.97 Å². The maximum atomic E-state index is 12.0. The predicted molar refractivity (Wildman–Crippen MR) is 34.8 cm³/mol. The number of hydrogen-bond donors (Lipinski definition) is 0. The molecule has 0 spiro atoms. The summed E-state index contributed by atoms with van der Waals surface area (Å²) in [7, 11) is 0. The number of aliphatic imine (C=N–C) groups is 1. The summed E-state index contributed by atoms with van der Waals surface area (Å²) in [6.07, 6.45) is 2.69. The molecule has 0 saturated carbocycles. The molecule has 0 bridgehead atoms. The molecule has 0 unspecified atom stereocenters. The van der Waals surface area contributed by atoms with Crippen molar-refractivity contribution in [3.63, 3.8) is 0 Å². The minimum atomic E-state index is -0.270. The van der Waals surface area contributed by atoms with Crippen LogP contribution in [-0.4, -0.2) is 5.97 Å². The Balaban J connectivity index is 2.65. The van der Waals surface area contributed by atoms with Crippen LogP contribution < -0.4 is 0 Å². The van der Waals surface area contributed by atoms with E-state index in [4.69, 9.17) is 0 Å². The van der Waals surface area contributed by atoms with Crippen LogP contribution in [0.5, 0.6) is 0 Å². The highest BCUT2D eigenvalue weighted by molar-refractivity contribution is 9.11. The van der Waals surface area contributed by atoms with Crippen molar-refractivity contribution in [3.8, 4) is 0 Å². The molecule has 0 atom stereocenters. The Labute approximate surface area is 55.4 Å². The van der Waals surface area contributed by atoms with Crippen LogP contribution in [0.3, 0.4) is 0 Å². The van der Waals surface area contributed by atoms with Crippen molar-refractivity contribution < 1.29 is 4.39 Å². The molecule has 0 saturated heterocycles. The highest BCUT2D eigenvalue weighted by atomic mass is 79.9. The van der Waals surface area contributed by atoms with E-state index in [2.05, 4.69) is 20.9 Å². The summed E-state index contributed by atoms with van der Waals surface area (Å²) in [4.78, 5) is 3.45. The molecule has 0 N–H and O–H groups in total. The second kappa shape index (κ2) is 2.40. The van der Waals surface area contributed by atoms with Crippen molar-refractivity contribution in [1.82, 2.24) is 0 Å². The summed E-state index contributed by atoms with van der Waals surface area (Å²) < 4.78 is 13.0. The zero-order valence-corrected chi connectivity index (χ0v) is 5.78. The monoisotopic (exact) mass is 177 g/mol. The summed E-state index contributed by atoms with van der Waals surface area (Å²) in [5, 5.41) is 0. The van der Waals surface area contributed by atoms with Crippen LogP contribution in [0.25, 0.3) is 0 Å². The van der Waals surface area contributed by atoms with Gasteiger partial charge < -0.3 is 0 Å². The van der Waals surface area contributed by atoms with Gasteiger partial charge in [0.05, 0.1) is 0 Å².